The minimum Gasteiger partial charge on any atom is -0.481 e. The molecule has 0 bridgehead atoms. The van der Waals surface area contributed by atoms with Crippen LogP contribution in [0.4, 0.5) is 0 Å². The molecule has 2 atom stereocenters. The molecule has 0 saturated carbocycles. The van der Waals surface area contributed by atoms with Crippen LogP contribution in [0, 0.1) is 0 Å². The van der Waals surface area contributed by atoms with Gasteiger partial charge in [-0.25, -0.2) is 0 Å². The van der Waals surface area contributed by atoms with Gasteiger partial charge in [-0.15, -0.1) is 11.6 Å². The molecule has 0 spiro atoms. The van der Waals surface area contributed by atoms with Crippen molar-refractivity contribution in [3.8, 4) is 0 Å². The fraction of sp³-hybridized carbons (Fsp3) is 0.500. The van der Waals surface area contributed by atoms with Crippen molar-refractivity contribution in [1.29, 1.82) is 0 Å². The number of halogens is 1. The number of carbonyl (C=O) groups is 2. The number of benzene rings is 1. The van der Waals surface area contributed by atoms with E-state index in [9.17, 15) is 9.59 Å². The van der Waals surface area contributed by atoms with Gasteiger partial charge in [0.2, 0.25) is 0 Å². The van der Waals surface area contributed by atoms with E-state index in [2.05, 4.69) is 29.6 Å². The maximum atomic E-state index is 9.99. The fourth-order valence-electron chi connectivity index (χ4n) is 2.31. The fourth-order valence-corrected chi connectivity index (χ4v) is 2.58. The first-order chi connectivity index (χ1) is 11.0. The van der Waals surface area contributed by atoms with E-state index in [1.807, 2.05) is 0 Å². The van der Waals surface area contributed by atoms with Crippen LogP contribution in [0.5, 0.6) is 0 Å². The Kier molecular flexibility index (Phi) is 8.61. The third kappa shape index (κ3) is 6.99. The number of nitrogens with two attached hydrogens (primary N) is 1. The standard InChI is InChI=1S/C11H14ClN.C5H9NO4/c12-7-10-8-13-6-5-9-3-1-2-4-11(9)10;6-3(5(9)10)1-2-4(7)8/h1-4,10,13H,5-8H2;3H,1-2,6H2,(H,7,8)(H,9,10)/t10-;3-/m10/s1. The molecule has 1 aromatic carbocycles. The maximum Gasteiger partial charge on any atom is 0.320 e. The number of hydrogen-bond donors (Lipinski definition) is 4. The number of alkyl halides is 1. The van der Waals surface area contributed by atoms with E-state index in [1.54, 1.807) is 0 Å². The van der Waals surface area contributed by atoms with Crippen LogP contribution >= 0.6 is 11.6 Å². The molecule has 0 fully saturated rings. The van der Waals surface area contributed by atoms with Gasteiger partial charge in [0.25, 0.3) is 0 Å². The second-order valence-corrected chi connectivity index (χ2v) is 5.69. The highest BCUT2D eigenvalue weighted by Gasteiger charge is 2.16. The molecule has 5 N–H and O–H groups in total. The zero-order valence-electron chi connectivity index (χ0n) is 12.9. The Morgan fingerprint density at radius 3 is 2.65 bits per heavy atom. The summed E-state index contributed by atoms with van der Waals surface area (Å²) >= 11 is 5.94. The Labute approximate surface area is 140 Å². The second-order valence-electron chi connectivity index (χ2n) is 5.38. The van der Waals surface area contributed by atoms with E-state index in [4.69, 9.17) is 27.5 Å². The topological polar surface area (TPSA) is 113 Å². The van der Waals surface area contributed by atoms with Crippen molar-refractivity contribution in [2.45, 2.75) is 31.2 Å². The van der Waals surface area contributed by atoms with Crippen LogP contribution < -0.4 is 11.1 Å². The van der Waals surface area contributed by atoms with Gasteiger partial charge in [0.15, 0.2) is 0 Å². The molecule has 23 heavy (non-hydrogen) atoms. The summed E-state index contributed by atoms with van der Waals surface area (Å²) in [6, 6.07) is 7.56. The van der Waals surface area contributed by atoms with Crippen molar-refractivity contribution in [3.05, 3.63) is 35.4 Å². The van der Waals surface area contributed by atoms with Gasteiger partial charge in [-0.2, -0.15) is 0 Å². The van der Waals surface area contributed by atoms with Crippen molar-refractivity contribution in [1.82, 2.24) is 5.32 Å². The first-order valence-corrected chi connectivity index (χ1v) is 8.03. The number of fused-ring (bicyclic) bond motifs is 1. The monoisotopic (exact) mass is 342 g/mol. The van der Waals surface area contributed by atoms with Crippen molar-refractivity contribution in [2.24, 2.45) is 5.73 Å². The van der Waals surface area contributed by atoms with E-state index >= 15 is 0 Å². The minimum absolute atomic E-state index is 0.0231. The quantitative estimate of drug-likeness (QED) is 0.602. The molecule has 128 valence electrons. The number of carboxylic acid groups (broad SMARTS) is 2. The molecule has 0 amide bonds. The first-order valence-electron chi connectivity index (χ1n) is 7.50. The van der Waals surface area contributed by atoms with Gasteiger partial charge < -0.3 is 21.3 Å². The molecule has 1 heterocycles. The summed E-state index contributed by atoms with van der Waals surface area (Å²) in [6.45, 7) is 2.09. The Balaban J connectivity index is 0.000000241. The highest BCUT2D eigenvalue weighted by Crippen LogP contribution is 2.23. The third-order valence-corrected chi connectivity index (χ3v) is 4.00. The average molecular weight is 343 g/mol. The summed E-state index contributed by atoms with van der Waals surface area (Å²) in [5.41, 5.74) is 7.89. The average Bonchev–Trinajstić information content (AvgIpc) is 2.75. The van der Waals surface area contributed by atoms with Crippen LogP contribution in [-0.4, -0.2) is 47.2 Å². The van der Waals surface area contributed by atoms with Crippen LogP contribution in [-0.2, 0) is 16.0 Å². The second kappa shape index (κ2) is 10.2. The lowest BCUT2D eigenvalue weighted by atomic mass is 9.95. The molecule has 0 aliphatic carbocycles. The molecule has 0 radical (unpaired) electrons. The predicted octanol–water partition coefficient (Wildman–Crippen LogP) is 1.42. The largest absolute Gasteiger partial charge is 0.481 e. The molecule has 0 aromatic heterocycles. The molecule has 2 rings (SSSR count). The molecule has 7 heteroatoms. The molecule has 1 aliphatic heterocycles. The van der Waals surface area contributed by atoms with Gasteiger partial charge in [-0.1, -0.05) is 24.3 Å². The van der Waals surface area contributed by atoms with Crippen molar-refractivity contribution in [2.75, 3.05) is 19.0 Å². The van der Waals surface area contributed by atoms with Crippen LogP contribution in [0.1, 0.15) is 29.9 Å². The van der Waals surface area contributed by atoms with Crippen LogP contribution in [0.15, 0.2) is 24.3 Å². The number of aliphatic carboxylic acids is 2. The van der Waals surface area contributed by atoms with E-state index in [1.165, 1.54) is 11.1 Å². The SMILES string of the molecule is ClC[C@@H]1CNCCc2ccccc21.N[C@@H](CCC(=O)O)C(=O)O. The lowest BCUT2D eigenvalue weighted by Gasteiger charge is -2.13. The third-order valence-electron chi connectivity index (χ3n) is 3.63. The van der Waals surface area contributed by atoms with Crippen LogP contribution in [0.25, 0.3) is 0 Å². The normalized spacial score (nSPS) is 17.9. The van der Waals surface area contributed by atoms with Gasteiger partial charge >= 0.3 is 11.9 Å². The van der Waals surface area contributed by atoms with Gasteiger partial charge in [-0.05, 0) is 30.5 Å². The van der Waals surface area contributed by atoms with E-state index < -0.39 is 18.0 Å². The molecule has 6 nitrogen and oxygen atoms in total. The summed E-state index contributed by atoms with van der Waals surface area (Å²) in [7, 11) is 0. The Morgan fingerprint density at radius 2 is 2.04 bits per heavy atom. The maximum absolute atomic E-state index is 9.99. The van der Waals surface area contributed by atoms with Gasteiger partial charge in [0, 0.05) is 24.8 Å². The molecule has 0 saturated heterocycles. The Bertz CT molecular complexity index is 525. The van der Waals surface area contributed by atoms with Crippen molar-refractivity contribution < 1.29 is 19.8 Å². The molecular weight excluding hydrogens is 320 g/mol. The van der Waals surface area contributed by atoms with Gasteiger partial charge in [-0.3, -0.25) is 9.59 Å². The van der Waals surface area contributed by atoms with Crippen LogP contribution in [0.3, 0.4) is 0 Å². The van der Waals surface area contributed by atoms with E-state index in [0.717, 1.165) is 19.5 Å². The first kappa shape index (κ1) is 19.4. The summed E-state index contributed by atoms with van der Waals surface area (Å²) in [5, 5.41) is 19.7. The number of carboxylic acids is 2. The molecule has 0 unspecified atom stereocenters. The summed E-state index contributed by atoms with van der Waals surface area (Å²) in [5.74, 6) is -0.998. The molecule has 1 aromatic rings. The lowest BCUT2D eigenvalue weighted by molar-refractivity contribution is -0.139. The zero-order valence-corrected chi connectivity index (χ0v) is 13.6. The summed E-state index contributed by atoms with van der Waals surface area (Å²) < 4.78 is 0. The molecule has 1 aliphatic rings. The predicted molar refractivity (Wildman–Crippen MR) is 89.0 cm³/mol. The van der Waals surface area contributed by atoms with E-state index in [0.29, 0.717) is 11.8 Å². The Morgan fingerprint density at radius 1 is 1.35 bits per heavy atom. The van der Waals surface area contributed by atoms with E-state index in [-0.39, 0.29) is 12.8 Å². The summed E-state index contributed by atoms with van der Waals surface area (Å²) in [4.78, 5) is 19.9. The lowest BCUT2D eigenvalue weighted by Crippen LogP contribution is -2.30. The van der Waals surface area contributed by atoms with Crippen molar-refractivity contribution in [3.63, 3.8) is 0 Å². The number of hydrogen-bond acceptors (Lipinski definition) is 4. The number of rotatable bonds is 5. The highest BCUT2D eigenvalue weighted by molar-refractivity contribution is 6.18. The highest BCUT2D eigenvalue weighted by atomic mass is 35.5. The Hall–Kier alpha value is -1.63. The van der Waals surface area contributed by atoms with Crippen molar-refractivity contribution >= 4 is 23.5 Å². The summed E-state index contributed by atoms with van der Waals surface area (Å²) in [6.07, 6.45) is 0.904. The minimum atomic E-state index is -1.17. The van der Waals surface area contributed by atoms with Gasteiger partial charge in [0.1, 0.15) is 6.04 Å². The van der Waals surface area contributed by atoms with Gasteiger partial charge in [0.05, 0.1) is 0 Å². The van der Waals surface area contributed by atoms with Crippen LogP contribution in [0.2, 0.25) is 0 Å². The zero-order chi connectivity index (χ0) is 17.2. The molecular formula is C16H23ClN2O4. The smallest absolute Gasteiger partial charge is 0.320 e. The number of nitrogens with one attached hydrogen (secondary N) is 1.